The number of alkyl halides is 1. The van der Waals surface area contributed by atoms with Crippen molar-refractivity contribution in [1.29, 1.82) is 0 Å². The van der Waals surface area contributed by atoms with E-state index in [1.165, 1.54) is 0 Å². The van der Waals surface area contributed by atoms with Crippen molar-refractivity contribution in [1.82, 2.24) is 4.90 Å². The Morgan fingerprint density at radius 3 is 2.67 bits per heavy atom. The molecule has 0 radical (unpaired) electrons. The zero-order chi connectivity index (χ0) is 13.1. The Bertz CT molecular complexity index is 441. The van der Waals surface area contributed by atoms with Crippen molar-refractivity contribution < 1.29 is 9.53 Å². The minimum absolute atomic E-state index is 0.0198. The Labute approximate surface area is 113 Å². The topological polar surface area (TPSA) is 29.5 Å². The summed E-state index contributed by atoms with van der Waals surface area (Å²) in [5, 5.41) is -0.594. The van der Waals surface area contributed by atoms with Crippen molar-refractivity contribution in [2.75, 3.05) is 26.3 Å². The predicted molar refractivity (Wildman–Crippen MR) is 71.9 cm³/mol. The van der Waals surface area contributed by atoms with E-state index in [2.05, 4.69) is 0 Å². The van der Waals surface area contributed by atoms with Gasteiger partial charge in [-0.2, -0.15) is 0 Å². The Kier molecular flexibility index (Phi) is 4.25. The van der Waals surface area contributed by atoms with E-state index >= 15 is 0 Å². The van der Waals surface area contributed by atoms with Crippen molar-refractivity contribution in [3.8, 4) is 0 Å². The van der Waals surface area contributed by atoms with Crippen LogP contribution in [0.2, 0.25) is 0 Å². The van der Waals surface area contributed by atoms with Gasteiger partial charge in [0.25, 0.3) is 0 Å². The number of aryl methyl sites for hydroxylation is 2. The summed E-state index contributed by atoms with van der Waals surface area (Å²) in [5.74, 6) is -0.0198. The minimum atomic E-state index is -0.594. The highest BCUT2D eigenvalue weighted by Crippen LogP contribution is 2.27. The van der Waals surface area contributed by atoms with Crippen molar-refractivity contribution in [2.24, 2.45) is 0 Å². The van der Waals surface area contributed by atoms with E-state index in [0.29, 0.717) is 26.3 Å². The molecule has 0 spiro atoms. The molecule has 1 aromatic carbocycles. The van der Waals surface area contributed by atoms with E-state index in [-0.39, 0.29) is 5.91 Å². The first-order valence-electron chi connectivity index (χ1n) is 6.17. The number of nitrogens with zero attached hydrogens (tertiary/aromatic N) is 1. The van der Waals surface area contributed by atoms with E-state index in [1.807, 2.05) is 32.0 Å². The fourth-order valence-electron chi connectivity index (χ4n) is 2.11. The fourth-order valence-corrected chi connectivity index (χ4v) is 2.48. The van der Waals surface area contributed by atoms with Crippen LogP contribution in [-0.4, -0.2) is 37.1 Å². The van der Waals surface area contributed by atoms with E-state index in [4.69, 9.17) is 16.3 Å². The lowest BCUT2D eigenvalue weighted by Crippen LogP contribution is -2.42. The number of rotatable bonds is 2. The number of halogens is 1. The molecule has 4 heteroatoms. The molecule has 1 aliphatic rings. The largest absolute Gasteiger partial charge is 0.378 e. The molecule has 0 bridgehead atoms. The van der Waals surface area contributed by atoms with Crippen LogP contribution in [0.5, 0.6) is 0 Å². The third-order valence-electron chi connectivity index (χ3n) is 3.25. The Morgan fingerprint density at radius 2 is 2.00 bits per heavy atom. The van der Waals surface area contributed by atoms with Crippen LogP contribution in [0.1, 0.15) is 22.1 Å². The maximum absolute atomic E-state index is 12.3. The van der Waals surface area contributed by atoms with E-state index in [0.717, 1.165) is 16.7 Å². The van der Waals surface area contributed by atoms with Crippen LogP contribution in [0.25, 0.3) is 0 Å². The summed E-state index contributed by atoms with van der Waals surface area (Å²) in [7, 11) is 0. The van der Waals surface area contributed by atoms with Gasteiger partial charge in [-0.15, -0.1) is 11.6 Å². The Hall–Kier alpha value is -1.06. The molecule has 2 rings (SSSR count). The molecule has 1 amide bonds. The predicted octanol–water partition coefficient (Wildman–Crippen LogP) is 2.44. The third kappa shape index (κ3) is 2.85. The second-order valence-electron chi connectivity index (χ2n) is 4.66. The van der Waals surface area contributed by atoms with Crippen molar-refractivity contribution in [3.63, 3.8) is 0 Å². The summed E-state index contributed by atoms with van der Waals surface area (Å²) in [6.07, 6.45) is 0. The average Bonchev–Trinajstić information content (AvgIpc) is 2.41. The second-order valence-corrected chi connectivity index (χ2v) is 5.10. The van der Waals surface area contributed by atoms with Gasteiger partial charge >= 0.3 is 0 Å². The smallest absolute Gasteiger partial charge is 0.245 e. The van der Waals surface area contributed by atoms with Crippen LogP contribution in [0.4, 0.5) is 0 Å². The van der Waals surface area contributed by atoms with Gasteiger partial charge in [-0.25, -0.2) is 0 Å². The number of hydrogen-bond donors (Lipinski definition) is 0. The molecule has 1 fully saturated rings. The molecule has 98 valence electrons. The molecule has 1 unspecified atom stereocenters. The van der Waals surface area contributed by atoms with E-state index in [1.54, 1.807) is 4.90 Å². The lowest BCUT2D eigenvalue weighted by Gasteiger charge is -2.29. The summed E-state index contributed by atoms with van der Waals surface area (Å²) in [6.45, 7) is 6.45. The first kappa shape index (κ1) is 13.4. The molecule has 0 aromatic heterocycles. The van der Waals surface area contributed by atoms with Crippen molar-refractivity contribution >= 4 is 17.5 Å². The van der Waals surface area contributed by atoms with Crippen LogP contribution in [0.3, 0.4) is 0 Å². The molecule has 0 saturated carbocycles. The van der Waals surface area contributed by atoms with Gasteiger partial charge in [0.2, 0.25) is 5.91 Å². The molecule has 0 aliphatic carbocycles. The first-order valence-corrected chi connectivity index (χ1v) is 6.61. The van der Waals surface area contributed by atoms with Crippen molar-refractivity contribution in [2.45, 2.75) is 19.2 Å². The van der Waals surface area contributed by atoms with Crippen LogP contribution in [-0.2, 0) is 9.53 Å². The summed E-state index contributed by atoms with van der Waals surface area (Å²) in [5.41, 5.74) is 3.09. The number of amides is 1. The van der Waals surface area contributed by atoms with Gasteiger partial charge in [-0.05, 0) is 25.0 Å². The molecule has 3 nitrogen and oxygen atoms in total. The zero-order valence-corrected chi connectivity index (χ0v) is 11.5. The maximum atomic E-state index is 12.3. The molecule has 1 aliphatic heterocycles. The second kappa shape index (κ2) is 5.72. The molecular weight excluding hydrogens is 250 g/mol. The highest BCUT2D eigenvalue weighted by atomic mass is 35.5. The standard InChI is InChI=1S/C14H18ClNO2/c1-10-3-4-11(2)12(9-10)13(15)14(17)16-5-7-18-8-6-16/h3-4,9,13H,5-8H2,1-2H3. The molecule has 1 saturated heterocycles. The Morgan fingerprint density at radius 1 is 1.33 bits per heavy atom. The summed E-state index contributed by atoms with van der Waals surface area (Å²) >= 11 is 6.34. The van der Waals surface area contributed by atoms with Gasteiger partial charge in [0.05, 0.1) is 13.2 Å². The van der Waals surface area contributed by atoms with Gasteiger partial charge in [-0.3, -0.25) is 4.79 Å². The number of carbonyl (C=O) groups excluding carboxylic acids is 1. The monoisotopic (exact) mass is 267 g/mol. The summed E-state index contributed by atoms with van der Waals surface area (Å²) in [4.78, 5) is 14.1. The minimum Gasteiger partial charge on any atom is -0.378 e. The van der Waals surface area contributed by atoms with Gasteiger partial charge in [0.1, 0.15) is 5.38 Å². The van der Waals surface area contributed by atoms with Crippen molar-refractivity contribution in [3.05, 3.63) is 34.9 Å². The maximum Gasteiger partial charge on any atom is 0.245 e. The highest BCUT2D eigenvalue weighted by Gasteiger charge is 2.26. The van der Waals surface area contributed by atoms with Gasteiger partial charge in [0.15, 0.2) is 0 Å². The molecular formula is C14H18ClNO2. The van der Waals surface area contributed by atoms with Crippen LogP contribution < -0.4 is 0 Å². The molecule has 1 atom stereocenters. The lowest BCUT2D eigenvalue weighted by molar-refractivity contribution is -0.134. The van der Waals surface area contributed by atoms with E-state index < -0.39 is 5.38 Å². The third-order valence-corrected chi connectivity index (χ3v) is 3.67. The number of carbonyl (C=O) groups is 1. The highest BCUT2D eigenvalue weighted by molar-refractivity contribution is 6.30. The summed E-state index contributed by atoms with van der Waals surface area (Å²) in [6, 6.07) is 6.03. The first-order chi connectivity index (χ1) is 8.59. The Balaban J connectivity index is 2.16. The normalized spacial score (nSPS) is 17.6. The quantitative estimate of drug-likeness (QED) is 0.771. The average molecular weight is 268 g/mol. The molecule has 1 aromatic rings. The van der Waals surface area contributed by atoms with Gasteiger partial charge in [-0.1, -0.05) is 23.8 Å². The molecule has 0 N–H and O–H groups in total. The van der Waals surface area contributed by atoms with E-state index in [9.17, 15) is 4.79 Å². The number of hydrogen-bond acceptors (Lipinski definition) is 2. The SMILES string of the molecule is Cc1ccc(C)c(C(Cl)C(=O)N2CCOCC2)c1. The van der Waals surface area contributed by atoms with Gasteiger partial charge in [0, 0.05) is 13.1 Å². The fraction of sp³-hybridized carbons (Fsp3) is 0.500. The van der Waals surface area contributed by atoms with Gasteiger partial charge < -0.3 is 9.64 Å². The number of morpholine rings is 1. The van der Waals surface area contributed by atoms with Crippen LogP contribution >= 0.6 is 11.6 Å². The zero-order valence-electron chi connectivity index (χ0n) is 10.8. The number of ether oxygens (including phenoxy) is 1. The summed E-state index contributed by atoms with van der Waals surface area (Å²) < 4.78 is 5.24. The lowest BCUT2D eigenvalue weighted by atomic mass is 10.0. The van der Waals surface area contributed by atoms with Crippen LogP contribution in [0.15, 0.2) is 18.2 Å². The number of benzene rings is 1. The molecule has 18 heavy (non-hydrogen) atoms. The van der Waals surface area contributed by atoms with Crippen LogP contribution in [0, 0.1) is 13.8 Å². The molecule has 1 heterocycles.